The van der Waals surface area contributed by atoms with Crippen LogP contribution in [0.25, 0.3) is 0 Å². The van der Waals surface area contributed by atoms with Gasteiger partial charge in [-0.2, -0.15) is 0 Å². The number of hydrogen-bond acceptors (Lipinski definition) is 6. The van der Waals surface area contributed by atoms with E-state index in [1.165, 1.54) is 83.5 Å². The highest BCUT2D eigenvalue weighted by Gasteiger charge is 2.16. The molecule has 0 aromatic rings. The Kier molecular flexibility index (Phi) is 36.0. The average molecular weight is 701 g/mol. The van der Waals surface area contributed by atoms with Crippen molar-refractivity contribution in [1.29, 1.82) is 0 Å². The van der Waals surface area contributed by atoms with Gasteiger partial charge in [-0.1, -0.05) is 178 Å². The first-order valence-corrected chi connectivity index (χ1v) is 20.3. The van der Waals surface area contributed by atoms with Crippen LogP contribution in [0.4, 0.5) is 0 Å². The summed E-state index contributed by atoms with van der Waals surface area (Å²) in [6, 6.07) is 0. The van der Waals surface area contributed by atoms with E-state index in [0.717, 1.165) is 50.9 Å². The van der Waals surface area contributed by atoms with E-state index >= 15 is 0 Å². The van der Waals surface area contributed by atoms with Gasteiger partial charge in [-0.3, -0.25) is 9.59 Å². The number of esters is 2. The number of carbonyl (C=O) groups is 2. The van der Waals surface area contributed by atoms with E-state index in [9.17, 15) is 19.8 Å². The molecular formula is C44H76O6. The van der Waals surface area contributed by atoms with Gasteiger partial charge in [0.15, 0.2) is 6.10 Å². The maximum absolute atomic E-state index is 12.2. The number of carbonyl (C=O) groups excluding carboxylic acids is 2. The van der Waals surface area contributed by atoms with Crippen LogP contribution in [0.1, 0.15) is 175 Å². The molecule has 0 amide bonds. The van der Waals surface area contributed by atoms with Crippen molar-refractivity contribution in [2.75, 3.05) is 13.2 Å². The molecule has 0 aromatic heterocycles. The minimum absolute atomic E-state index is 0.116. The Morgan fingerprint density at radius 3 is 1.76 bits per heavy atom. The van der Waals surface area contributed by atoms with Crippen molar-refractivity contribution < 1.29 is 29.3 Å². The molecule has 0 aliphatic heterocycles. The lowest BCUT2D eigenvalue weighted by atomic mass is 10.0. The molecule has 0 aliphatic rings. The van der Waals surface area contributed by atoms with Crippen LogP contribution in [-0.2, 0) is 19.1 Å². The van der Waals surface area contributed by atoms with Gasteiger partial charge in [0.2, 0.25) is 0 Å². The summed E-state index contributed by atoms with van der Waals surface area (Å²) in [5.41, 5.74) is 0. The van der Waals surface area contributed by atoms with Crippen molar-refractivity contribution in [3.8, 4) is 0 Å². The Labute approximate surface area is 307 Å². The summed E-state index contributed by atoms with van der Waals surface area (Å²) in [5, 5.41) is 19.5. The molecule has 2 N–H and O–H groups in total. The van der Waals surface area contributed by atoms with Crippen LogP contribution >= 0.6 is 0 Å². The summed E-state index contributed by atoms with van der Waals surface area (Å²) in [6.45, 7) is 6.25. The molecule has 0 spiro atoms. The highest BCUT2D eigenvalue weighted by molar-refractivity contribution is 5.70. The van der Waals surface area contributed by atoms with E-state index in [0.29, 0.717) is 19.3 Å². The zero-order chi connectivity index (χ0) is 36.8. The van der Waals surface area contributed by atoms with Gasteiger partial charge in [-0.25, -0.2) is 0 Å². The third-order valence-electron chi connectivity index (χ3n) is 8.58. The SMILES string of the molecule is CC/C=C\C/C=C\CC(O)/C=C/C=C\C/C=C\CCCC(=O)OC[C@H](CO)OC(=O)CCCCCCCCCCCCCCCCCC(C)C. The molecule has 0 aromatic carbocycles. The third kappa shape index (κ3) is 36.8. The predicted octanol–water partition coefficient (Wildman–Crippen LogP) is 11.6. The van der Waals surface area contributed by atoms with Crippen molar-refractivity contribution in [3.05, 3.63) is 60.8 Å². The predicted molar refractivity (Wildman–Crippen MR) is 211 cm³/mol. The lowest BCUT2D eigenvalue weighted by Gasteiger charge is -2.15. The zero-order valence-electron chi connectivity index (χ0n) is 32.4. The molecule has 50 heavy (non-hydrogen) atoms. The number of unbranched alkanes of at least 4 members (excludes halogenated alkanes) is 15. The van der Waals surface area contributed by atoms with Crippen LogP contribution in [0.3, 0.4) is 0 Å². The van der Waals surface area contributed by atoms with Crippen LogP contribution < -0.4 is 0 Å². The minimum Gasteiger partial charge on any atom is -0.462 e. The van der Waals surface area contributed by atoms with Crippen LogP contribution in [0.2, 0.25) is 0 Å². The molecule has 0 aliphatic carbocycles. The Bertz CT molecular complexity index is 915. The second-order valence-electron chi connectivity index (χ2n) is 14.0. The monoisotopic (exact) mass is 701 g/mol. The topological polar surface area (TPSA) is 93.1 Å². The van der Waals surface area contributed by atoms with Gasteiger partial charge >= 0.3 is 11.9 Å². The number of rotatable bonds is 35. The van der Waals surface area contributed by atoms with E-state index in [1.807, 2.05) is 36.5 Å². The standard InChI is InChI=1S/C44H76O6/c1-4-5-6-7-24-29-34-41(46)35-30-25-20-17-18-21-26-31-36-43(47)49-39-42(38-45)50-44(48)37-32-27-22-16-14-12-10-8-9-11-13-15-19-23-28-33-40(2)3/h5-6,18,20-21,24-25,29-30,35,40-42,45-46H,4,7-17,19,22-23,26-28,31-34,36-39H2,1-3H3/b6-5-,21-18-,25-20-,29-24-,35-30+/t41?,42-/m0/s1. The summed E-state index contributed by atoms with van der Waals surface area (Å²) in [7, 11) is 0. The molecule has 0 saturated carbocycles. The summed E-state index contributed by atoms with van der Waals surface area (Å²) >= 11 is 0. The smallest absolute Gasteiger partial charge is 0.306 e. The number of allylic oxidation sites excluding steroid dienone is 8. The molecule has 0 rings (SSSR count). The van der Waals surface area contributed by atoms with E-state index < -0.39 is 12.2 Å². The molecule has 6 nitrogen and oxygen atoms in total. The molecular weight excluding hydrogens is 624 g/mol. The van der Waals surface area contributed by atoms with Gasteiger partial charge in [-0.05, 0) is 50.9 Å². The second-order valence-corrected chi connectivity index (χ2v) is 14.0. The van der Waals surface area contributed by atoms with Gasteiger partial charge in [0, 0.05) is 12.8 Å². The fourth-order valence-corrected chi connectivity index (χ4v) is 5.51. The van der Waals surface area contributed by atoms with Crippen molar-refractivity contribution in [1.82, 2.24) is 0 Å². The Hall–Kier alpha value is -2.44. The maximum Gasteiger partial charge on any atom is 0.306 e. The maximum atomic E-state index is 12.2. The first kappa shape index (κ1) is 47.6. The van der Waals surface area contributed by atoms with E-state index in [1.54, 1.807) is 6.08 Å². The zero-order valence-corrected chi connectivity index (χ0v) is 32.4. The normalized spacial score (nSPS) is 13.6. The van der Waals surface area contributed by atoms with Crippen molar-refractivity contribution in [2.45, 2.75) is 187 Å². The molecule has 0 fully saturated rings. The van der Waals surface area contributed by atoms with Crippen LogP contribution in [0.15, 0.2) is 60.8 Å². The van der Waals surface area contributed by atoms with Crippen molar-refractivity contribution >= 4 is 11.9 Å². The molecule has 288 valence electrons. The Morgan fingerprint density at radius 1 is 0.620 bits per heavy atom. The summed E-state index contributed by atoms with van der Waals surface area (Å²) in [6.07, 6.45) is 44.6. The largest absolute Gasteiger partial charge is 0.462 e. The van der Waals surface area contributed by atoms with E-state index in [2.05, 4.69) is 39.0 Å². The molecule has 0 heterocycles. The Morgan fingerprint density at radius 2 is 1.16 bits per heavy atom. The molecule has 1 unspecified atom stereocenters. The summed E-state index contributed by atoms with van der Waals surface area (Å²) in [5.74, 6) is 0.149. The second kappa shape index (κ2) is 37.8. The first-order chi connectivity index (χ1) is 24.4. The van der Waals surface area contributed by atoms with Crippen molar-refractivity contribution in [3.63, 3.8) is 0 Å². The van der Waals surface area contributed by atoms with Gasteiger partial charge in [-0.15, -0.1) is 0 Å². The van der Waals surface area contributed by atoms with Gasteiger partial charge in [0.25, 0.3) is 0 Å². The summed E-state index contributed by atoms with van der Waals surface area (Å²) in [4.78, 5) is 24.3. The molecule has 0 saturated heterocycles. The van der Waals surface area contributed by atoms with Gasteiger partial charge in [0.1, 0.15) is 6.61 Å². The highest BCUT2D eigenvalue weighted by Crippen LogP contribution is 2.15. The number of aliphatic hydroxyl groups excluding tert-OH is 2. The van der Waals surface area contributed by atoms with E-state index in [4.69, 9.17) is 9.47 Å². The average Bonchev–Trinajstić information content (AvgIpc) is 3.10. The lowest BCUT2D eigenvalue weighted by molar-refractivity contribution is -0.161. The number of ether oxygens (including phenoxy) is 2. The number of hydrogen-bond donors (Lipinski definition) is 2. The molecule has 0 radical (unpaired) electrons. The molecule has 2 atom stereocenters. The van der Waals surface area contributed by atoms with E-state index in [-0.39, 0.29) is 31.6 Å². The fourth-order valence-electron chi connectivity index (χ4n) is 5.51. The molecule has 6 heteroatoms. The first-order valence-electron chi connectivity index (χ1n) is 20.3. The van der Waals surface area contributed by atoms with Crippen LogP contribution in [0.5, 0.6) is 0 Å². The highest BCUT2D eigenvalue weighted by atomic mass is 16.6. The number of aliphatic hydroxyl groups is 2. The van der Waals surface area contributed by atoms with Gasteiger partial charge < -0.3 is 19.7 Å². The van der Waals surface area contributed by atoms with Crippen LogP contribution in [-0.4, -0.2) is 47.6 Å². The van der Waals surface area contributed by atoms with Gasteiger partial charge in [0.05, 0.1) is 12.7 Å². The quantitative estimate of drug-likeness (QED) is 0.0296. The third-order valence-corrected chi connectivity index (χ3v) is 8.58. The Balaban J connectivity index is 3.70. The summed E-state index contributed by atoms with van der Waals surface area (Å²) < 4.78 is 10.5. The lowest BCUT2D eigenvalue weighted by Crippen LogP contribution is -2.28. The molecule has 0 bridgehead atoms. The van der Waals surface area contributed by atoms with Crippen LogP contribution in [0, 0.1) is 5.92 Å². The minimum atomic E-state index is -0.813. The fraction of sp³-hybridized carbons (Fsp3) is 0.727. The van der Waals surface area contributed by atoms with Crippen molar-refractivity contribution in [2.24, 2.45) is 5.92 Å².